The Morgan fingerprint density at radius 2 is 2.20 bits per heavy atom. The zero-order chi connectivity index (χ0) is 11.5. The fraction of sp³-hybridized carbons (Fsp3) is 0.909. The van der Waals surface area contributed by atoms with E-state index in [2.05, 4.69) is 18.8 Å². The Bertz CT molecular complexity index is 165. The first kappa shape index (κ1) is 15.6. The van der Waals surface area contributed by atoms with Crippen LogP contribution < -0.4 is 0 Å². The molecule has 2 radical (unpaired) electrons. The van der Waals surface area contributed by atoms with E-state index in [1.54, 1.807) is 8.95 Å². The maximum absolute atomic E-state index is 11.3. The zero-order valence-corrected chi connectivity index (χ0v) is 13.7. The van der Waals surface area contributed by atoms with E-state index in [1.807, 2.05) is 0 Å². The molecule has 0 bridgehead atoms. The fourth-order valence-electron chi connectivity index (χ4n) is 1.28. The van der Waals surface area contributed by atoms with Crippen molar-refractivity contribution in [3.8, 4) is 0 Å². The number of ether oxygens (including phenoxy) is 1. The van der Waals surface area contributed by atoms with Crippen molar-refractivity contribution in [1.82, 2.24) is 0 Å². The monoisotopic (exact) mass is 338 g/mol. The SMILES string of the molecule is CCCCC(CC)COC(=O)C[S][Sn][CH3]. The van der Waals surface area contributed by atoms with Gasteiger partial charge in [-0.15, -0.1) is 0 Å². The first-order valence-electron chi connectivity index (χ1n) is 5.68. The van der Waals surface area contributed by atoms with E-state index >= 15 is 0 Å². The molecule has 0 fully saturated rings. The molecule has 4 heteroatoms. The molecule has 1 atom stereocenters. The van der Waals surface area contributed by atoms with Crippen LogP contribution in [0.3, 0.4) is 0 Å². The molecule has 0 amide bonds. The van der Waals surface area contributed by atoms with Crippen LogP contribution in [0.4, 0.5) is 0 Å². The van der Waals surface area contributed by atoms with Gasteiger partial charge in [0.25, 0.3) is 0 Å². The van der Waals surface area contributed by atoms with Crippen LogP contribution in [0.15, 0.2) is 0 Å². The van der Waals surface area contributed by atoms with Crippen LogP contribution in [0.25, 0.3) is 0 Å². The Kier molecular flexibility index (Phi) is 11.6. The number of carbonyl (C=O) groups excluding carboxylic acids is 1. The van der Waals surface area contributed by atoms with Crippen molar-refractivity contribution >= 4 is 34.7 Å². The summed E-state index contributed by atoms with van der Waals surface area (Å²) in [5.41, 5.74) is 0. The van der Waals surface area contributed by atoms with E-state index in [1.165, 1.54) is 19.3 Å². The summed E-state index contributed by atoms with van der Waals surface area (Å²) in [6.07, 6.45) is 4.78. The van der Waals surface area contributed by atoms with Gasteiger partial charge in [-0.05, 0) is 0 Å². The van der Waals surface area contributed by atoms with E-state index in [0.717, 1.165) is 6.42 Å². The molecule has 0 aromatic carbocycles. The van der Waals surface area contributed by atoms with Gasteiger partial charge in [-0.2, -0.15) is 0 Å². The molecule has 0 N–H and O–H groups in total. The van der Waals surface area contributed by atoms with Crippen LogP contribution in [-0.2, 0) is 9.53 Å². The summed E-state index contributed by atoms with van der Waals surface area (Å²) in [6, 6.07) is 0. The summed E-state index contributed by atoms with van der Waals surface area (Å²) in [4.78, 5) is 13.5. The van der Waals surface area contributed by atoms with E-state index in [-0.39, 0.29) is 25.7 Å². The van der Waals surface area contributed by atoms with E-state index in [9.17, 15) is 4.79 Å². The van der Waals surface area contributed by atoms with Gasteiger partial charge in [0.1, 0.15) is 0 Å². The number of hydrogen-bond donors (Lipinski definition) is 0. The first-order chi connectivity index (χ1) is 7.24. The van der Waals surface area contributed by atoms with Crippen molar-refractivity contribution in [3.63, 3.8) is 0 Å². The number of hydrogen-bond acceptors (Lipinski definition) is 3. The predicted molar refractivity (Wildman–Crippen MR) is 68.3 cm³/mol. The van der Waals surface area contributed by atoms with Gasteiger partial charge in [0.05, 0.1) is 0 Å². The normalized spacial score (nSPS) is 12.5. The van der Waals surface area contributed by atoms with Crippen LogP contribution in [0.1, 0.15) is 39.5 Å². The Hall–Kier alpha value is 0.619. The van der Waals surface area contributed by atoms with E-state index in [4.69, 9.17) is 4.74 Å². The molecular formula is C11H22O2SSn. The van der Waals surface area contributed by atoms with Crippen molar-refractivity contribution < 1.29 is 9.53 Å². The number of unbranched alkanes of at least 4 members (excludes halogenated alkanes) is 1. The zero-order valence-electron chi connectivity index (χ0n) is 10.0. The minimum atomic E-state index is -0.301. The molecule has 0 aliphatic rings. The fourth-order valence-corrected chi connectivity index (χ4v) is 3.87. The van der Waals surface area contributed by atoms with Crippen LogP contribution in [-0.4, -0.2) is 38.1 Å². The first-order valence-corrected chi connectivity index (χ1v) is 13.0. The van der Waals surface area contributed by atoms with E-state index in [0.29, 0.717) is 18.3 Å². The second kappa shape index (κ2) is 11.1. The predicted octanol–water partition coefficient (Wildman–Crippen LogP) is 3.15. The van der Waals surface area contributed by atoms with E-state index < -0.39 is 0 Å². The van der Waals surface area contributed by atoms with Crippen molar-refractivity contribution in [2.45, 2.75) is 44.5 Å². The summed E-state index contributed by atoms with van der Waals surface area (Å²) in [5.74, 6) is 1.13. The second-order valence-electron chi connectivity index (χ2n) is 3.59. The molecule has 0 heterocycles. The van der Waals surface area contributed by atoms with Gasteiger partial charge >= 0.3 is 107 Å². The van der Waals surface area contributed by atoms with Crippen molar-refractivity contribution in [3.05, 3.63) is 0 Å². The molecule has 0 aliphatic heterocycles. The van der Waals surface area contributed by atoms with Crippen LogP contribution >= 0.6 is 8.95 Å². The van der Waals surface area contributed by atoms with Gasteiger partial charge in [0.2, 0.25) is 0 Å². The van der Waals surface area contributed by atoms with Gasteiger partial charge in [-0.25, -0.2) is 0 Å². The van der Waals surface area contributed by atoms with Gasteiger partial charge in [0, 0.05) is 0 Å². The molecule has 0 rings (SSSR count). The maximum atomic E-state index is 11.3. The molecule has 2 nitrogen and oxygen atoms in total. The third kappa shape index (κ3) is 9.54. The number of esters is 1. The molecule has 0 aromatic rings. The quantitative estimate of drug-likeness (QED) is 0.478. The van der Waals surface area contributed by atoms with Gasteiger partial charge in [-0.3, -0.25) is 0 Å². The molecule has 0 aliphatic carbocycles. The molecule has 0 spiro atoms. The average molecular weight is 337 g/mol. The summed E-state index contributed by atoms with van der Waals surface area (Å²) in [5, 5.41) is 0. The third-order valence-corrected chi connectivity index (χ3v) is 6.73. The van der Waals surface area contributed by atoms with Crippen molar-refractivity contribution in [2.24, 2.45) is 5.92 Å². The molecule has 0 saturated heterocycles. The minimum absolute atomic E-state index is 0.0160. The number of carbonyl (C=O) groups is 1. The summed E-state index contributed by atoms with van der Waals surface area (Å²) >= 11 is -0.301. The summed E-state index contributed by atoms with van der Waals surface area (Å²) in [6.45, 7) is 5.00. The van der Waals surface area contributed by atoms with Crippen LogP contribution in [0, 0.1) is 5.92 Å². The van der Waals surface area contributed by atoms with Crippen LogP contribution in [0.2, 0.25) is 4.94 Å². The van der Waals surface area contributed by atoms with Crippen molar-refractivity contribution in [2.75, 3.05) is 12.4 Å². The van der Waals surface area contributed by atoms with Crippen LogP contribution in [0.5, 0.6) is 0 Å². The Morgan fingerprint density at radius 3 is 2.73 bits per heavy atom. The average Bonchev–Trinajstić information content (AvgIpc) is 2.26. The number of rotatable bonds is 9. The molecule has 15 heavy (non-hydrogen) atoms. The molecule has 88 valence electrons. The van der Waals surface area contributed by atoms with Crippen molar-refractivity contribution in [1.29, 1.82) is 0 Å². The molecular weight excluding hydrogens is 315 g/mol. The third-order valence-electron chi connectivity index (χ3n) is 2.36. The standard InChI is InChI=1S/C10H20O2S.CH3.Sn/c1-3-5-6-9(4-2)7-12-10(11)8-13;;/h9,13H,3-8H2,1-2H3;1H3;/q;;+1/p-1. The summed E-state index contributed by atoms with van der Waals surface area (Å²) < 4.78 is 5.26. The molecule has 0 saturated carbocycles. The Balaban J connectivity index is 3.55. The summed E-state index contributed by atoms with van der Waals surface area (Å²) in [7, 11) is 1.79. The second-order valence-corrected chi connectivity index (χ2v) is 10.5. The van der Waals surface area contributed by atoms with Gasteiger partial charge in [-0.1, -0.05) is 0 Å². The van der Waals surface area contributed by atoms with Gasteiger partial charge in [0.15, 0.2) is 0 Å². The topological polar surface area (TPSA) is 26.3 Å². The van der Waals surface area contributed by atoms with Gasteiger partial charge < -0.3 is 0 Å². The molecule has 1 unspecified atom stereocenters. The Labute approximate surface area is 107 Å². The Morgan fingerprint density at radius 1 is 1.47 bits per heavy atom. The molecule has 0 aromatic heterocycles.